The van der Waals surface area contributed by atoms with E-state index in [4.69, 9.17) is 4.74 Å². The molecule has 0 atom stereocenters. The molecule has 25 heavy (non-hydrogen) atoms. The number of amides is 1. The zero-order valence-corrected chi connectivity index (χ0v) is 14.8. The van der Waals surface area contributed by atoms with Crippen LogP contribution in [0.4, 0.5) is 0 Å². The summed E-state index contributed by atoms with van der Waals surface area (Å²) in [6.45, 7) is 4.10. The van der Waals surface area contributed by atoms with Crippen LogP contribution in [0.15, 0.2) is 48.8 Å². The lowest BCUT2D eigenvalue weighted by Gasteiger charge is -2.36. The number of nitrogens with zero attached hydrogens (tertiary/aromatic N) is 1. The van der Waals surface area contributed by atoms with Crippen LogP contribution in [0, 0.1) is 5.41 Å². The molecule has 1 amide bonds. The maximum absolute atomic E-state index is 13.0. The highest BCUT2D eigenvalue weighted by Gasteiger charge is 2.40. The van der Waals surface area contributed by atoms with Crippen LogP contribution in [-0.2, 0) is 16.0 Å². The monoisotopic (exact) mass is 338 g/mol. The molecule has 1 saturated heterocycles. The van der Waals surface area contributed by atoms with Crippen molar-refractivity contribution in [3.63, 3.8) is 0 Å². The Morgan fingerprint density at radius 3 is 2.72 bits per heavy atom. The van der Waals surface area contributed by atoms with Crippen LogP contribution in [0.25, 0.3) is 11.1 Å². The van der Waals surface area contributed by atoms with Gasteiger partial charge in [-0.05, 0) is 42.9 Å². The number of benzene rings is 1. The quantitative estimate of drug-likeness (QED) is 0.875. The fraction of sp³-hybridized carbons (Fsp3) is 0.429. The van der Waals surface area contributed by atoms with E-state index in [0.717, 1.165) is 43.4 Å². The van der Waals surface area contributed by atoms with Crippen LogP contribution in [-0.4, -0.2) is 30.6 Å². The molecule has 0 spiro atoms. The van der Waals surface area contributed by atoms with Crippen molar-refractivity contribution in [1.82, 2.24) is 10.3 Å². The van der Waals surface area contributed by atoms with Crippen molar-refractivity contribution in [3.8, 4) is 11.1 Å². The molecule has 3 rings (SSSR count). The van der Waals surface area contributed by atoms with Gasteiger partial charge in [0.25, 0.3) is 0 Å². The summed E-state index contributed by atoms with van der Waals surface area (Å²) < 4.78 is 5.54. The SMILES string of the molecule is CCCNC(=O)C1(Cc2ccccc2-c2cccnc2)CCOCC1. The van der Waals surface area contributed by atoms with E-state index in [2.05, 4.69) is 35.4 Å². The summed E-state index contributed by atoms with van der Waals surface area (Å²) in [5.41, 5.74) is 3.06. The average molecular weight is 338 g/mol. The van der Waals surface area contributed by atoms with Crippen LogP contribution >= 0.6 is 0 Å². The van der Waals surface area contributed by atoms with Gasteiger partial charge in [0.2, 0.25) is 5.91 Å². The number of carbonyl (C=O) groups is 1. The second-order valence-electron chi connectivity index (χ2n) is 6.72. The van der Waals surface area contributed by atoms with Crippen molar-refractivity contribution < 1.29 is 9.53 Å². The lowest BCUT2D eigenvalue weighted by molar-refractivity contribution is -0.136. The van der Waals surface area contributed by atoms with Crippen molar-refractivity contribution >= 4 is 5.91 Å². The van der Waals surface area contributed by atoms with Crippen molar-refractivity contribution in [2.24, 2.45) is 5.41 Å². The van der Waals surface area contributed by atoms with Crippen LogP contribution < -0.4 is 5.32 Å². The Balaban J connectivity index is 1.91. The van der Waals surface area contributed by atoms with Gasteiger partial charge >= 0.3 is 0 Å². The maximum Gasteiger partial charge on any atom is 0.226 e. The third-order valence-corrected chi connectivity index (χ3v) is 4.99. The second kappa shape index (κ2) is 8.26. The zero-order valence-electron chi connectivity index (χ0n) is 14.8. The molecule has 2 heterocycles. The van der Waals surface area contributed by atoms with Gasteiger partial charge in [-0.15, -0.1) is 0 Å². The lowest BCUT2D eigenvalue weighted by Crippen LogP contribution is -2.46. The summed E-state index contributed by atoms with van der Waals surface area (Å²) in [6, 6.07) is 12.4. The number of ether oxygens (including phenoxy) is 1. The Bertz CT molecular complexity index is 694. The molecule has 0 bridgehead atoms. The van der Waals surface area contributed by atoms with Gasteiger partial charge in [0.05, 0.1) is 5.41 Å². The highest BCUT2D eigenvalue weighted by molar-refractivity contribution is 5.83. The normalized spacial score (nSPS) is 16.4. The highest BCUT2D eigenvalue weighted by atomic mass is 16.5. The number of hydrogen-bond acceptors (Lipinski definition) is 3. The smallest absolute Gasteiger partial charge is 0.226 e. The molecule has 4 heteroatoms. The van der Waals surface area contributed by atoms with E-state index in [1.807, 2.05) is 24.4 Å². The molecule has 1 N–H and O–H groups in total. The Kier molecular flexibility index (Phi) is 5.82. The lowest BCUT2D eigenvalue weighted by atomic mass is 9.73. The summed E-state index contributed by atoms with van der Waals surface area (Å²) in [6.07, 6.45) is 6.88. The summed E-state index contributed by atoms with van der Waals surface area (Å²) in [5, 5.41) is 3.12. The fourth-order valence-corrected chi connectivity index (χ4v) is 3.52. The number of rotatable bonds is 6. The fourth-order valence-electron chi connectivity index (χ4n) is 3.52. The second-order valence-corrected chi connectivity index (χ2v) is 6.72. The van der Waals surface area contributed by atoms with E-state index >= 15 is 0 Å². The van der Waals surface area contributed by atoms with Crippen LogP contribution in [0.5, 0.6) is 0 Å². The highest BCUT2D eigenvalue weighted by Crippen LogP contribution is 2.37. The molecule has 1 aromatic carbocycles. The Morgan fingerprint density at radius 2 is 2.00 bits per heavy atom. The van der Waals surface area contributed by atoms with E-state index < -0.39 is 0 Å². The predicted octanol–water partition coefficient (Wildman–Crippen LogP) is 3.61. The molecule has 1 aliphatic rings. The van der Waals surface area contributed by atoms with E-state index in [1.54, 1.807) is 6.20 Å². The third kappa shape index (κ3) is 4.07. The minimum Gasteiger partial charge on any atom is -0.381 e. The first kappa shape index (κ1) is 17.6. The van der Waals surface area contributed by atoms with Gasteiger partial charge in [-0.3, -0.25) is 9.78 Å². The molecular weight excluding hydrogens is 312 g/mol. The first-order chi connectivity index (χ1) is 12.2. The molecule has 0 saturated carbocycles. The standard InChI is InChI=1S/C21H26N2O2/c1-2-11-23-20(24)21(9-13-25-14-10-21)15-17-6-3-4-8-19(17)18-7-5-12-22-16-18/h3-8,12,16H,2,9-11,13-15H2,1H3,(H,23,24). The maximum atomic E-state index is 13.0. The Morgan fingerprint density at radius 1 is 1.20 bits per heavy atom. The Labute approximate surface area is 149 Å². The van der Waals surface area contributed by atoms with Crippen molar-refractivity contribution in [1.29, 1.82) is 0 Å². The summed E-state index contributed by atoms with van der Waals surface area (Å²) in [5.74, 6) is 0.165. The number of nitrogens with one attached hydrogen (secondary N) is 1. The molecule has 1 aromatic heterocycles. The number of hydrogen-bond donors (Lipinski definition) is 1. The van der Waals surface area contributed by atoms with Crippen LogP contribution in [0.1, 0.15) is 31.7 Å². The Hall–Kier alpha value is -2.20. The topological polar surface area (TPSA) is 51.2 Å². The van der Waals surface area contributed by atoms with Gasteiger partial charge in [-0.1, -0.05) is 37.3 Å². The van der Waals surface area contributed by atoms with E-state index in [9.17, 15) is 4.79 Å². The van der Waals surface area contributed by atoms with Crippen molar-refractivity contribution in [2.75, 3.05) is 19.8 Å². The van der Waals surface area contributed by atoms with E-state index in [0.29, 0.717) is 13.2 Å². The van der Waals surface area contributed by atoms with Crippen LogP contribution in [0.3, 0.4) is 0 Å². The van der Waals surface area contributed by atoms with Gasteiger partial charge in [-0.25, -0.2) is 0 Å². The molecule has 0 aliphatic carbocycles. The van der Waals surface area contributed by atoms with E-state index in [-0.39, 0.29) is 11.3 Å². The summed E-state index contributed by atoms with van der Waals surface area (Å²) >= 11 is 0. The predicted molar refractivity (Wildman–Crippen MR) is 99.2 cm³/mol. The molecule has 0 unspecified atom stereocenters. The minimum absolute atomic E-state index is 0.165. The first-order valence-electron chi connectivity index (χ1n) is 9.09. The molecule has 2 aromatic rings. The largest absolute Gasteiger partial charge is 0.381 e. The molecule has 132 valence electrons. The number of pyridine rings is 1. The first-order valence-corrected chi connectivity index (χ1v) is 9.09. The van der Waals surface area contributed by atoms with E-state index in [1.165, 1.54) is 5.56 Å². The molecular formula is C21H26N2O2. The molecule has 0 radical (unpaired) electrons. The molecule has 1 fully saturated rings. The minimum atomic E-state index is -0.383. The average Bonchev–Trinajstić information content (AvgIpc) is 2.68. The van der Waals surface area contributed by atoms with Gasteiger partial charge in [0, 0.05) is 37.7 Å². The third-order valence-electron chi connectivity index (χ3n) is 4.99. The van der Waals surface area contributed by atoms with Crippen molar-refractivity contribution in [2.45, 2.75) is 32.6 Å². The molecule has 1 aliphatic heterocycles. The summed E-state index contributed by atoms with van der Waals surface area (Å²) in [4.78, 5) is 17.2. The van der Waals surface area contributed by atoms with Gasteiger partial charge in [0.15, 0.2) is 0 Å². The molecule has 4 nitrogen and oxygen atoms in total. The van der Waals surface area contributed by atoms with Gasteiger partial charge < -0.3 is 10.1 Å². The van der Waals surface area contributed by atoms with Gasteiger partial charge in [-0.2, -0.15) is 0 Å². The van der Waals surface area contributed by atoms with Gasteiger partial charge in [0.1, 0.15) is 0 Å². The van der Waals surface area contributed by atoms with Crippen molar-refractivity contribution in [3.05, 3.63) is 54.4 Å². The van der Waals surface area contributed by atoms with Crippen LogP contribution in [0.2, 0.25) is 0 Å². The zero-order chi connectivity index (χ0) is 17.5. The number of aromatic nitrogens is 1. The summed E-state index contributed by atoms with van der Waals surface area (Å²) in [7, 11) is 0. The number of carbonyl (C=O) groups excluding carboxylic acids is 1.